The van der Waals surface area contributed by atoms with E-state index in [1.54, 1.807) is 13.0 Å². The minimum Gasteiger partial charge on any atom is -0.478 e. The molecule has 0 aromatic heterocycles. The minimum absolute atomic E-state index is 0.183. The molecule has 0 heterocycles. The second-order valence-corrected chi connectivity index (χ2v) is 9.25. The van der Waals surface area contributed by atoms with Gasteiger partial charge in [-0.1, -0.05) is 24.3 Å². The average molecular weight is 367 g/mol. The van der Waals surface area contributed by atoms with Gasteiger partial charge in [0.2, 0.25) is 5.91 Å². The number of hydrogen-bond donors (Lipinski definition) is 2. The monoisotopic (exact) mass is 367 g/mol. The van der Waals surface area contributed by atoms with Crippen molar-refractivity contribution in [3.05, 3.63) is 41.0 Å². The number of carbonyl (C=O) groups excluding carboxylic acids is 1. The summed E-state index contributed by atoms with van der Waals surface area (Å²) in [4.78, 5) is 23.5. The number of nitrogens with one attached hydrogen (secondary N) is 1. The number of carboxylic acid groups (broad SMARTS) is 1. The largest absolute Gasteiger partial charge is 0.478 e. The predicted octanol–water partition coefficient (Wildman–Crippen LogP) is 4.40. The lowest BCUT2D eigenvalue weighted by atomic mass is 9.49. The average Bonchev–Trinajstić information content (AvgIpc) is 2.59. The van der Waals surface area contributed by atoms with E-state index in [0.717, 1.165) is 28.9 Å². The van der Waals surface area contributed by atoms with Crippen LogP contribution in [0.25, 0.3) is 6.08 Å². The smallest absolute Gasteiger partial charge is 0.331 e. The Kier molecular flexibility index (Phi) is 4.83. The van der Waals surface area contributed by atoms with Crippen LogP contribution in [-0.2, 0) is 16.1 Å². The maximum atomic E-state index is 12.6. The number of amides is 1. The molecule has 4 aliphatic carbocycles. The van der Waals surface area contributed by atoms with Crippen molar-refractivity contribution in [1.82, 2.24) is 5.32 Å². The lowest BCUT2D eigenvalue weighted by Crippen LogP contribution is -2.47. The standard InChI is InChI=1S/C23H29NO3/c1-15(22(26)27)6-16-2-4-17(5-3-16)14-24-21(25)13-23-10-18-7-19(11-23)9-20(8-18)12-23/h2-6,18-20H,7-14H2,1H3,(H,24,25)(H,26,27)/b15-6+. The third-order valence-electron chi connectivity index (χ3n) is 6.89. The molecule has 144 valence electrons. The van der Waals surface area contributed by atoms with Gasteiger partial charge < -0.3 is 10.4 Å². The fourth-order valence-corrected chi connectivity index (χ4v) is 6.15. The van der Waals surface area contributed by atoms with Gasteiger partial charge in [0.05, 0.1) is 0 Å². The molecule has 2 N–H and O–H groups in total. The normalized spacial score (nSPS) is 31.7. The Morgan fingerprint density at radius 1 is 1.07 bits per heavy atom. The summed E-state index contributed by atoms with van der Waals surface area (Å²) in [5, 5.41) is 12.0. The minimum atomic E-state index is -0.906. The molecule has 1 amide bonds. The molecule has 1 aromatic carbocycles. The molecular formula is C23H29NO3. The first kappa shape index (κ1) is 18.3. The summed E-state index contributed by atoms with van der Waals surface area (Å²) in [6, 6.07) is 7.69. The second-order valence-electron chi connectivity index (χ2n) is 9.25. The molecule has 0 unspecified atom stereocenters. The van der Waals surface area contributed by atoms with Gasteiger partial charge in [0, 0.05) is 18.5 Å². The van der Waals surface area contributed by atoms with Crippen LogP contribution in [-0.4, -0.2) is 17.0 Å². The maximum Gasteiger partial charge on any atom is 0.331 e. The van der Waals surface area contributed by atoms with Crippen molar-refractivity contribution in [2.45, 2.75) is 58.4 Å². The topological polar surface area (TPSA) is 66.4 Å². The van der Waals surface area contributed by atoms with Gasteiger partial charge in [-0.05, 0) is 85.8 Å². The molecule has 0 radical (unpaired) electrons. The van der Waals surface area contributed by atoms with E-state index < -0.39 is 5.97 Å². The van der Waals surface area contributed by atoms with E-state index in [9.17, 15) is 9.59 Å². The van der Waals surface area contributed by atoms with E-state index in [1.165, 1.54) is 38.5 Å². The molecule has 4 heteroatoms. The van der Waals surface area contributed by atoms with Crippen molar-refractivity contribution in [3.8, 4) is 0 Å². The Bertz CT molecular complexity index is 727. The van der Waals surface area contributed by atoms with E-state index in [1.807, 2.05) is 24.3 Å². The van der Waals surface area contributed by atoms with Crippen LogP contribution in [0.4, 0.5) is 0 Å². The molecule has 4 nitrogen and oxygen atoms in total. The third kappa shape index (κ3) is 4.10. The highest BCUT2D eigenvalue weighted by molar-refractivity contribution is 5.91. The number of carbonyl (C=O) groups is 2. The first-order valence-corrected chi connectivity index (χ1v) is 10.2. The molecule has 4 saturated carbocycles. The SMILES string of the molecule is C/C(=C\c1ccc(CNC(=O)CC23CC4CC(CC(C4)C2)C3)cc1)C(=O)O. The van der Waals surface area contributed by atoms with Crippen molar-refractivity contribution in [1.29, 1.82) is 0 Å². The Balaban J connectivity index is 1.31. The Morgan fingerprint density at radius 3 is 2.15 bits per heavy atom. The quantitative estimate of drug-likeness (QED) is 0.733. The van der Waals surface area contributed by atoms with Gasteiger partial charge >= 0.3 is 5.97 Å². The van der Waals surface area contributed by atoms with Gasteiger partial charge in [-0.25, -0.2) is 4.79 Å². The number of aliphatic carboxylic acids is 1. The van der Waals surface area contributed by atoms with Crippen LogP contribution in [0.5, 0.6) is 0 Å². The molecular weight excluding hydrogens is 338 g/mol. The van der Waals surface area contributed by atoms with Gasteiger partial charge in [-0.15, -0.1) is 0 Å². The Labute approximate surface area is 161 Å². The van der Waals surface area contributed by atoms with E-state index >= 15 is 0 Å². The number of hydrogen-bond acceptors (Lipinski definition) is 2. The van der Waals surface area contributed by atoms with Crippen LogP contribution in [0.2, 0.25) is 0 Å². The van der Waals surface area contributed by atoms with E-state index in [4.69, 9.17) is 5.11 Å². The third-order valence-corrected chi connectivity index (χ3v) is 6.89. The summed E-state index contributed by atoms with van der Waals surface area (Å²) in [5.74, 6) is 1.90. The van der Waals surface area contributed by atoms with Gasteiger partial charge in [-0.3, -0.25) is 4.79 Å². The van der Waals surface area contributed by atoms with Crippen LogP contribution in [0.3, 0.4) is 0 Å². The highest BCUT2D eigenvalue weighted by Gasteiger charge is 2.51. The summed E-state index contributed by atoms with van der Waals surface area (Å²) < 4.78 is 0. The Morgan fingerprint density at radius 2 is 1.63 bits per heavy atom. The summed E-state index contributed by atoms with van der Waals surface area (Å²) in [5.41, 5.74) is 2.49. The highest BCUT2D eigenvalue weighted by Crippen LogP contribution is 2.61. The number of benzene rings is 1. The molecule has 4 bridgehead atoms. The first-order valence-electron chi connectivity index (χ1n) is 10.2. The fraction of sp³-hybridized carbons (Fsp3) is 0.565. The van der Waals surface area contributed by atoms with Crippen LogP contribution in [0.1, 0.15) is 63.0 Å². The zero-order valence-electron chi connectivity index (χ0n) is 16.0. The molecule has 4 aliphatic rings. The molecule has 0 atom stereocenters. The molecule has 0 saturated heterocycles. The van der Waals surface area contributed by atoms with Gasteiger partial charge in [-0.2, -0.15) is 0 Å². The molecule has 0 aliphatic heterocycles. The molecule has 4 fully saturated rings. The van der Waals surface area contributed by atoms with Crippen molar-refractivity contribution in [2.75, 3.05) is 0 Å². The summed E-state index contributed by atoms with van der Waals surface area (Å²) >= 11 is 0. The zero-order chi connectivity index (χ0) is 19.0. The van der Waals surface area contributed by atoms with Crippen molar-refractivity contribution in [2.24, 2.45) is 23.2 Å². The van der Waals surface area contributed by atoms with Gasteiger partial charge in [0.25, 0.3) is 0 Å². The van der Waals surface area contributed by atoms with Crippen LogP contribution >= 0.6 is 0 Å². The van der Waals surface area contributed by atoms with Crippen molar-refractivity contribution in [3.63, 3.8) is 0 Å². The number of rotatable bonds is 6. The van der Waals surface area contributed by atoms with Crippen molar-refractivity contribution < 1.29 is 14.7 Å². The van der Waals surface area contributed by atoms with E-state index in [2.05, 4.69) is 5.32 Å². The highest BCUT2D eigenvalue weighted by atomic mass is 16.4. The molecule has 1 aromatic rings. The van der Waals surface area contributed by atoms with E-state index in [0.29, 0.717) is 18.5 Å². The second kappa shape index (κ2) is 7.14. The van der Waals surface area contributed by atoms with Crippen LogP contribution in [0, 0.1) is 23.2 Å². The van der Waals surface area contributed by atoms with Gasteiger partial charge in [0.15, 0.2) is 0 Å². The van der Waals surface area contributed by atoms with Crippen LogP contribution in [0.15, 0.2) is 29.8 Å². The first-order chi connectivity index (χ1) is 12.9. The summed E-state index contributed by atoms with van der Waals surface area (Å²) in [6.45, 7) is 2.12. The lowest BCUT2D eigenvalue weighted by molar-refractivity contribution is -0.132. The predicted molar refractivity (Wildman–Crippen MR) is 105 cm³/mol. The van der Waals surface area contributed by atoms with Gasteiger partial charge in [0.1, 0.15) is 0 Å². The molecule has 0 spiro atoms. The molecule has 5 rings (SSSR count). The summed E-state index contributed by atoms with van der Waals surface area (Å²) in [6.07, 6.45) is 10.3. The lowest BCUT2D eigenvalue weighted by Gasteiger charge is -2.56. The molecule has 27 heavy (non-hydrogen) atoms. The zero-order valence-corrected chi connectivity index (χ0v) is 16.0. The summed E-state index contributed by atoms with van der Waals surface area (Å²) in [7, 11) is 0. The fourth-order valence-electron chi connectivity index (χ4n) is 6.15. The Hall–Kier alpha value is -2.10. The maximum absolute atomic E-state index is 12.6. The van der Waals surface area contributed by atoms with Crippen LogP contribution < -0.4 is 5.32 Å². The van der Waals surface area contributed by atoms with Crippen molar-refractivity contribution >= 4 is 18.0 Å². The van der Waals surface area contributed by atoms with E-state index in [-0.39, 0.29) is 11.3 Å². The number of carboxylic acids is 1.